The van der Waals surface area contributed by atoms with Crippen LogP contribution in [0.15, 0.2) is 48.8 Å². The molecule has 0 unspecified atom stereocenters. The van der Waals surface area contributed by atoms with Gasteiger partial charge in [0.25, 0.3) is 0 Å². The van der Waals surface area contributed by atoms with Crippen molar-refractivity contribution < 1.29 is 14.3 Å². The largest absolute Gasteiger partial charge is 0.460 e. The average molecular weight is 472 g/mol. The molecule has 2 atom stereocenters. The molecule has 33 heavy (non-hydrogen) atoms. The van der Waals surface area contributed by atoms with Crippen LogP contribution in [0.2, 0.25) is 5.02 Å². The predicted octanol–water partition coefficient (Wildman–Crippen LogP) is 4.19. The van der Waals surface area contributed by atoms with Crippen molar-refractivity contribution in [1.82, 2.24) is 9.88 Å². The Kier molecular flexibility index (Phi) is 8.14. The number of aromatic nitrogens is 1. The van der Waals surface area contributed by atoms with Gasteiger partial charge in [-0.25, -0.2) is 0 Å². The van der Waals surface area contributed by atoms with Gasteiger partial charge in [0.05, 0.1) is 12.3 Å². The number of halogens is 1. The first kappa shape index (κ1) is 25.2. The smallest absolute Gasteiger partial charge is 0.307 e. The first-order valence-electron chi connectivity index (χ1n) is 11.5. The van der Waals surface area contributed by atoms with Crippen molar-refractivity contribution in [3.63, 3.8) is 0 Å². The number of piperidine rings is 1. The third-order valence-electron chi connectivity index (χ3n) is 5.78. The van der Waals surface area contributed by atoms with E-state index in [2.05, 4.69) is 4.98 Å². The van der Waals surface area contributed by atoms with Gasteiger partial charge in [-0.2, -0.15) is 0 Å². The monoisotopic (exact) mass is 471 g/mol. The number of esters is 1. The van der Waals surface area contributed by atoms with E-state index in [1.165, 1.54) is 0 Å². The van der Waals surface area contributed by atoms with Gasteiger partial charge in [-0.3, -0.25) is 14.6 Å². The molecule has 3 rings (SSSR count). The molecule has 2 N–H and O–H groups in total. The third-order valence-corrected chi connectivity index (χ3v) is 6.03. The first-order chi connectivity index (χ1) is 15.5. The Hall–Kier alpha value is -2.44. The highest BCUT2D eigenvalue weighted by Gasteiger charge is 2.37. The van der Waals surface area contributed by atoms with Gasteiger partial charge < -0.3 is 15.4 Å². The lowest BCUT2D eigenvalue weighted by atomic mass is 9.83. The maximum absolute atomic E-state index is 13.6. The fraction of sp³-hybridized carbons (Fsp3) is 0.500. The zero-order chi connectivity index (χ0) is 24.1. The van der Waals surface area contributed by atoms with Crippen LogP contribution in [0.3, 0.4) is 0 Å². The van der Waals surface area contributed by atoms with Crippen LogP contribution in [-0.2, 0) is 27.2 Å². The Morgan fingerprint density at radius 3 is 2.58 bits per heavy atom. The summed E-state index contributed by atoms with van der Waals surface area (Å²) >= 11 is 6.01. The van der Waals surface area contributed by atoms with E-state index in [1.807, 2.05) is 62.1 Å². The molecule has 0 spiro atoms. The molecule has 1 aromatic heterocycles. The second kappa shape index (κ2) is 10.7. The van der Waals surface area contributed by atoms with Crippen LogP contribution in [0.5, 0.6) is 0 Å². The number of ether oxygens (including phenoxy) is 1. The fourth-order valence-corrected chi connectivity index (χ4v) is 4.52. The van der Waals surface area contributed by atoms with Gasteiger partial charge in [-0.1, -0.05) is 29.8 Å². The molecule has 0 aliphatic carbocycles. The Balaban J connectivity index is 1.74. The van der Waals surface area contributed by atoms with Crippen LogP contribution in [-0.4, -0.2) is 46.0 Å². The molecule has 0 radical (unpaired) electrons. The normalized spacial score (nSPS) is 19.7. The van der Waals surface area contributed by atoms with Gasteiger partial charge in [0.2, 0.25) is 5.91 Å². The molecule has 1 saturated heterocycles. The minimum Gasteiger partial charge on any atom is -0.460 e. The average Bonchev–Trinajstić information content (AvgIpc) is 2.74. The second-order valence-electron chi connectivity index (χ2n) is 10.1. The number of hydrogen-bond donors (Lipinski definition) is 1. The van der Waals surface area contributed by atoms with E-state index in [1.54, 1.807) is 12.4 Å². The molecule has 0 saturated carbocycles. The van der Waals surface area contributed by atoms with Crippen LogP contribution in [0.25, 0.3) is 0 Å². The predicted molar refractivity (Wildman–Crippen MR) is 130 cm³/mol. The molecule has 1 aliphatic heterocycles. The molecule has 1 aliphatic rings. The summed E-state index contributed by atoms with van der Waals surface area (Å²) in [6.45, 7) is 6.57. The highest BCUT2D eigenvalue weighted by atomic mass is 35.5. The van der Waals surface area contributed by atoms with E-state index in [9.17, 15) is 9.59 Å². The Morgan fingerprint density at radius 2 is 1.94 bits per heavy atom. The molecule has 0 bridgehead atoms. The van der Waals surface area contributed by atoms with E-state index in [-0.39, 0.29) is 18.3 Å². The SMILES string of the molecule is CC(C)(C)OC(=O)C[C@@H](Cc1cccnc1)C(=O)N1CCC[C@@](N)(Cc2ccc(Cl)cc2)C1. The summed E-state index contributed by atoms with van der Waals surface area (Å²) in [7, 11) is 0. The van der Waals surface area contributed by atoms with Gasteiger partial charge in [-0.15, -0.1) is 0 Å². The molecule has 1 amide bonds. The van der Waals surface area contributed by atoms with Gasteiger partial charge >= 0.3 is 5.97 Å². The molecule has 2 aromatic rings. The zero-order valence-electron chi connectivity index (χ0n) is 19.7. The highest BCUT2D eigenvalue weighted by molar-refractivity contribution is 6.30. The van der Waals surface area contributed by atoms with Gasteiger partial charge in [0.1, 0.15) is 5.60 Å². The number of rotatable bonds is 7. The van der Waals surface area contributed by atoms with Gasteiger partial charge in [0.15, 0.2) is 0 Å². The number of carbonyl (C=O) groups is 2. The number of carbonyl (C=O) groups excluding carboxylic acids is 2. The second-order valence-corrected chi connectivity index (χ2v) is 10.5. The van der Waals surface area contributed by atoms with E-state index in [4.69, 9.17) is 22.1 Å². The molecule has 7 heteroatoms. The molecule has 6 nitrogen and oxygen atoms in total. The Bertz CT molecular complexity index is 944. The number of nitrogens with two attached hydrogens (primary N) is 1. The van der Waals surface area contributed by atoms with Crippen LogP contribution in [0.1, 0.15) is 51.2 Å². The molecule has 2 heterocycles. The van der Waals surface area contributed by atoms with Crippen molar-refractivity contribution in [2.75, 3.05) is 13.1 Å². The summed E-state index contributed by atoms with van der Waals surface area (Å²) in [5, 5.41) is 0.686. The van der Waals surface area contributed by atoms with E-state index < -0.39 is 17.1 Å². The van der Waals surface area contributed by atoms with E-state index in [0.717, 1.165) is 24.0 Å². The van der Waals surface area contributed by atoms with Gasteiger partial charge in [0, 0.05) is 36.0 Å². The lowest BCUT2D eigenvalue weighted by Gasteiger charge is -2.41. The summed E-state index contributed by atoms with van der Waals surface area (Å²) in [6.07, 6.45) is 6.19. The van der Waals surface area contributed by atoms with E-state index in [0.29, 0.717) is 31.0 Å². The molecule has 178 valence electrons. The van der Waals surface area contributed by atoms with Crippen molar-refractivity contribution in [1.29, 1.82) is 0 Å². The van der Waals surface area contributed by atoms with Crippen molar-refractivity contribution in [2.24, 2.45) is 11.7 Å². The summed E-state index contributed by atoms with van der Waals surface area (Å²) in [6, 6.07) is 11.4. The maximum atomic E-state index is 13.6. The quantitative estimate of drug-likeness (QED) is 0.612. The fourth-order valence-electron chi connectivity index (χ4n) is 4.39. The maximum Gasteiger partial charge on any atom is 0.307 e. The van der Waals surface area contributed by atoms with Crippen LogP contribution in [0, 0.1) is 5.92 Å². The Morgan fingerprint density at radius 1 is 1.21 bits per heavy atom. The number of benzene rings is 1. The number of nitrogens with zero attached hydrogens (tertiary/aromatic N) is 2. The minimum absolute atomic E-state index is 0.0241. The van der Waals surface area contributed by atoms with Crippen molar-refractivity contribution in [3.05, 3.63) is 64.9 Å². The standard InChI is InChI=1S/C26H34ClN3O3/c1-25(2,3)33-23(31)15-21(14-20-6-4-12-29-17-20)24(32)30-13-5-11-26(28,18-30)16-19-7-9-22(27)10-8-19/h4,6-10,12,17,21H,5,11,13-16,18,28H2,1-3H3/t21-,26-/m1/s1. The summed E-state index contributed by atoms with van der Waals surface area (Å²) in [4.78, 5) is 32.2. The highest BCUT2D eigenvalue weighted by Crippen LogP contribution is 2.27. The topological polar surface area (TPSA) is 85.5 Å². The third kappa shape index (κ3) is 7.83. The van der Waals surface area contributed by atoms with Crippen LogP contribution < -0.4 is 5.73 Å². The van der Waals surface area contributed by atoms with Crippen molar-refractivity contribution in [2.45, 2.75) is 64.0 Å². The van der Waals surface area contributed by atoms with E-state index >= 15 is 0 Å². The molecular weight excluding hydrogens is 438 g/mol. The number of pyridine rings is 1. The zero-order valence-corrected chi connectivity index (χ0v) is 20.5. The number of hydrogen-bond acceptors (Lipinski definition) is 5. The molecule has 1 fully saturated rings. The van der Waals surface area contributed by atoms with Crippen LogP contribution >= 0.6 is 11.6 Å². The number of likely N-dealkylation sites (tertiary alicyclic amines) is 1. The van der Waals surface area contributed by atoms with Crippen molar-refractivity contribution >= 4 is 23.5 Å². The summed E-state index contributed by atoms with van der Waals surface area (Å²) in [5.41, 5.74) is 7.65. The summed E-state index contributed by atoms with van der Waals surface area (Å²) < 4.78 is 5.51. The Labute approximate surface area is 201 Å². The van der Waals surface area contributed by atoms with Gasteiger partial charge in [-0.05, 0) is 75.8 Å². The minimum atomic E-state index is -0.602. The van der Waals surface area contributed by atoms with Crippen molar-refractivity contribution in [3.8, 4) is 0 Å². The van der Waals surface area contributed by atoms with Crippen LogP contribution in [0.4, 0.5) is 0 Å². The molecular formula is C26H34ClN3O3. The lowest BCUT2D eigenvalue weighted by molar-refractivity contribution is -0.158. The lowest BCUT2D eigenvalue weighted by Crippen LogP contribution is -2.58. The molecule has 1 aromatic carbocycles. The number of amides is 1. The summed E-state index contributed by atoms with van der Waals surface area (Å²) in [5.74, 6) is -0.959. The first-order valence-corrected chi connectivity index (χ1v) is 11.8.